The fraction of sp³-hybridized carbons (Fsp3) is 0.769. The molecule has 2 bridgehead atoms. The molecule has 2 unspecified atom stereocenters. The molecular weight excluding hydrogens is 186 g/mol. The molecule has 0 aromatic carbocycles. The van der Waals surface area contributed by atoms with E-state index in [1.165, 1.54) is 24.8 Å². The Bertz CT molecular complexity index is 256. The number of carbonyl (C=O) groups excluding carboxylic acids is 1. The first kappa shape index (κ1) is 10.9. The number of ketones is 1. The molecule has 2 rings (SSSR count). The molecule has 0 radical (unpaired) electrons. The number of piperidine rings is 2. The molecule has 0 aliphatic carbocycles. The monoisotopic (exact) mass is 207 g/mol. The number of Topliss-reactive ketones (excluding diaryl/α,β-unsaturated/α-hetero) is 1. The van der Waals surface area contributed by atoms with E-state index in [0.29, 0.717) is 17.9 Å². The van der Waals surface area contributed by atoms with Crippen LogP contribution in [0.4, 0.5) is 0 Å². The minimum Gasteiger partial charge on any atom is -0.300 e. The molecule has 0 spiro atoms. The Morgan fingerprint density at radius 2 is 2.00 bits per heavy atom. The van der Waals surface area contributed by atoms with E-state index in [9.17, 15) is 4.79 Å². The summed E-state index contributed by atoms with van der Waals surface area (Å²) in [7, 11) is 0. The molecule has 15 heavy (non-hydrogen) atoms. The van der Waals surface area contributed by atoms with Crippen LogP contribution in [-0.2, 0) is 4.79 Å². The van der Waals surface area contributed by atoms with Crippen molar-refractivity contribution < 1.29 is 4.79 Å². The predicted octanol–water partition coefficient (Wildman–Crippen LogP) is 2.54. The largest absolute Gasteiger partial charge is 0.300 e. The molecule has 0 aromatic rings. The molecule has 2 saturated heterocycles. The lowest BCUT2D eigenvalue weighted by atomic mass is 9.83. The van der Waals surface area contributed by atoms with Gasteiger partial charge in [0.05, 0.1) is 0 Å². The summed E-state index contributed by atoms with van der Waals surface area (Å²) >= 11 is 0. The highest BCUT2D eigenvalue weighted by molar-refractivity contribution is 5.80. The van der Waals surface area contributed by atoms with Crippen LogP contribution in [0, 0.1) is 0 Å². The number of nitrogens with zero attached hydrogens (tertiary/aromatic N) is 1. The van der Waals surface area contributed by atoms with Crippen LogP contribution in [-0.4, -0.2) is 29.3 Å². The Hall–Kier alpha value is -0.630. The topological polar surface area (TPSA) is 20.3 Å². The third-order valence-electron chi connectivity index (χ3n) is 3.85. The Balaban J connectivity index is 2.04. The van der Waals surface area contributed by atoms with Gasteiger partial charge in [-0.3, -0.25) is 9.69 Å². The lowest BCUT2D eigenvalue weighted by molar-refractivity contribution is -0.126. The van der Waals surface area contributed by atoms with E-state index in [2.05, 4.69) is 18.4 Å². The average Bonchev–Trinajstić information content (AvgIpc) is 2.19. The molecule has 2 aliphatic heterocycles. The standard InChI is InChI=1S/C13H21NO/c1-3-10(2)9-14-11-5-4-6-12(14)8-13(15)7-11/h11-12H,2-9H2,1H3. The summed E-state index contributed by atoms with van der Waals surface area (Å²) in [6.07, 6.45) is 6.35. The summed E-state index contributed by atoms with van der Waals surface area (Å²) in [6, 6.07) is 1.04. The normalized spacial score (nSPS) is 31.7. The molecule has 0 amide bonds. The molecule has 84 valence electrons. The fourth-order valence-electron chi connectivity index (χ4n) is 2.89. The van der Waals surface area contributed by atoms with E-state index in [1.54, 1.807) is 0 Å². The van der Waals surface area contributed by atoms with E-state index in [0.717, 1.165) is 25.8 Å². The first-order valence-corrected chi connectivity index (χ1v) is 6.14. The summed E-state index contributed by atoms with van der Waals surface area (Å²) in [5, 5.41) is 0. The smallest absolute Gasteiger partial charge is 0.136 e. The van der Waals surface area contributed by atoms with Gasteiger partial charge in [-0.2, -0.15) is 0 Å². The van der Waals surface area contributed by atoms with E-state index in [-0.39, 0.29) is 0 Å². The third kappa shape index (κ3) is 2.31. The predicted molar refractivity (Wildman–Crippen MR) is 61.8 cm³/mol. The van der Waals surface area contributed by atoms with Crippen LogP contribution in [0.5, 0.6) is 0 Å². The second kappa shape index (κ2) is 4.48. The SMILES string of the molecule is C=C(CC)CN1C2CCCC1CC(=O)C2. The maximum Gasteiger partial charge on any atom is 0.136 e. The number of fused-ring (bicyclic) bond motifs is 2. The van der Waals surface area contributed by atoms with Crippen molar-refractivity contribution in [3.05, 3.63) is 12.2 Å². The van der Waals surface area contributed by atoms with Gasteiger partial charge in [-0.25, -0.2) is 0 Å². The summed E-state index contributed by atoms with van der Waals surface area (Å²) in [4.78, 5) is 14.1. The molecule has 2 aliphatic rings. The van der Waals surface area contributed by atoms with Gasteiger partial charge in [0.15, 0.2) is 0 Å². The Labute approximate surface area is 92.3 Å². The first-order valence-electron chi connectivity index (χ1n) is 6.14. The molecule has 2 heteroatoms. The highest BCUT2D eigenvalue weighted by Gasteiger charge is 2.37. The molecular formula is C13H21NO. The van der Waals surface area contributed by atoms with E-state index in [1.807, 2.05) is 0 Å². The Kier molecular flexibility index (Phi) is 3.25. The molecule has 2 atom stereocenters. The van der Waals surface area contributed by atoms with Crippen molar-refractivity contribution in [1.82, 2.24) is 4.90 Å². The summed E-state index contributed by atoms with van der Waals surface area (Å²) in [5.74, 6) is 0.475. The van der Waals surface area contributed by atoms with Gasteiger partial charge in [-0.15, -0.1) is 0 Å². The van der Waals surface area contributed by atoms with Crippen LogP contribution in [0.2, 0.25) is 0 Å². The van der Waals surface area contributed by atoms with E-state index >= 15 is 0 Å². The minimum absolute atomic E-state index is 0.475. The van der Waals surface area contributed by atoms with Gasteiger partial charge in [0.25, 0.3) is 0 Å². The first-order chi connectivity index (χ1) is 7.20. The van der Waals surface area contributed by atoms with Gasteiger partial charge in [0, 0.05) is 31.5 Å². The van der Waals surface area contributed by atoms with Crippen molar-refractivity contribution in [2.75, 3.05) is 6.54 Å². The number of carbonyl (C=O) groups is 1. The third-order valence-corrected chi connectivity index (χ3v) is 3.85. The Morgan fingerprint density at radius 1 is 1.40 bits per heavy atom. The molecule has 0 saturated carbocycles. The van der Waals surface area contributed by atoms with Crippen molar-refractivity contribution in [3.63, 3.8) is 0 Å². The lowest BCUT2D eigenvalue weighted by Crippen LogP contribution is -2.52. The maximum absolute atomic E-state index is 11.5. The van der Waals surface area contributed by atoms with Crippen molar-refractivity contribution in [3.8, 4) is 0 Å². The number of hydrogen-bond donors (Lipinski definition) is 0. The van der Waals surface area contributed by atoms with Crippen LogP contribution in [0.3, 0.4) is 0 Å². The van der Waals surface area contributed by atoms with Crippen molar-refractivity contribution in [2.45, 2.75) is 57.5 Å². The summed E-state index contributed by atoms with van der Waals surface area (Å²) < 4.78 is 0. The van der Waals surface area contributed by atoms with Crippen LogP contribution in [0.25, 0.3) is 0 Å². The van der Waals surface area contributed by atoms with Gasteiger partial charge >= 0.3 is 0 Å². The van der Waals surface area contributed by atoms with E-state index in [4.69, 9.17) is 0 Å². The van der Waals surface area contributed by atoms with Crippen LogP contribution in [0.1, 0.15) is 45.4 Å². The van der Waals surface area contributed by atoms with E-state index < -0.39 is 0 Å². The van der Waals surface area contributed by atoms with Crippen molar-refractivity contribution in [2.24, 2.45) is 0 Å². The molecule has 2 heterocycles. The van der Waals surface area contributed by atoms with Crippen molar-refractivity contribution in [1.29, 1.82) is 0 Å². The molecule has 2 fully saturated rings. The minimum atomic E-state index is 0.475. The fourth-order valence-corrected chi connectivity index (χ4v) is 2.89. The van der Waals surface area contributed by atoms with Gasteiger partial charge in [0.1, 0.15) is 5.78 Å². The summed E-state index contributed by atoms with van der Waals surface area (Å²) in [5.41, 5.74) is 1.31. The summed E-state index contributed by atoms with van der Waals surface area (Å²) in [6.45, 7) is 7.26. The van der Waals surface area contributed by atoms with Gasteiger partial charge in [0.2, 0.25) is 0 Å². The van der Waals surface area contributed by atoms with Crippen LogP contribution >= 0.6 is 0 Å². The van der Waals surface area contributed by atoms with Crippen LogP contribution in [0.15, 0.2) is 12.2 Å². The zero-order valence-electron chi connectivity index (χ0n) is 9.67. The zero-order valence-corrected chi connectivity index (χ0v) is 9.67. The number of rotatable bonds is 3. The van der Waals surface area contributed by atoms with Gasteiger partial charge in [-0.05, 0) is 19.3 Å². The maximum atomic E-state index is 11.5. The highest BCUT2D eigenvalue weighted by atomic mass is 16.1. The lowest BCUT2D eigenvalue weighted by Gasteiger charge is -2.45. The second-order valence-electron chi connectivity index (χ2n) is 4.96. The second-order valence-corrected chi connectivity index (χ2v) is 4.96. The zero-order chi connectivity index (χ0) is 10.8. The molecule has 0 N–H and O–H groups in total. The molecule has 2 nitrogen and oxygen atoms in total. The highest BCUT2D eigenvalue weighted by Crippen LogP contribution is 2.32. The van der Waals surface area contributed by atoms with Crippen LogP contribution < -0.4 is 0 Å². The van der Waals surface area contributed by atoms with Gasteiger partial charge in [-0.1, -0.05) is 25.5 Å². The molecule has 0 aromatic heterocycles. The number of hydrogen-bond acceptors (Lipinski definition) is 2. The Morgan fingerprint density at radius 3 is 2.53 bits per heavy atom. The average molecular weight is 207 g/mol. The van der Waals surface area contributed by atoms with Gasteiger partial charge < -0.3 is 0 Å². The van der Waals surface area contributed by atoms with Crippen molar-refractivity contribution >= 4 is 5.78 Å². The quantitative estimate of drug-likeness (QED) is 0.663.